The summed E-state index contributed by atoms with van der Waals surface area (Å²) in [6, 6.07) is 15.3. The number of nitrogens with zero attached hydrogens (tertiary/aromatic N) is 1. The largest absolute Gasteiger partial charge is 0.480 e. The summed E-state index contributed by atoms with van der Waals surface area (Å²) in [5.41, 5.74) is 2.06. The van der Waals surface area contributed by atoms with Gasteiger partial charge < -0.3 is 9.84 Å². The zero-order valence-corrected chi connectivity index (χ0v) is 19.1. The van der Waals surface area contributed by atoms with Crippen LogP contribution in [-0.4, -0.2) is 49.1 Å². The molecular weight excluding hydrogens is 414 g/mol. The molecule has 1 fully saturated rings. The van der Waals surface area contributed by atoms with Crippen LogP contribution in [0.3, 0.4) is 0 Å². The minimum atomic E-state index is -3.97. The highest BCUT2D eigenvalue weighted by atomic mass is 32.2. The fourth-order valence-corrected chi connectivity index (χ4v) is 5.91. The van der Waals surface area contributed by atoms with Crippen molar-refractivity contribution in [3.05, 3.63) is 65.7 Å². The van der Waals surface area contributed by atoms with E-state index in [0.29, 0.717) is 12.8 Å². The summed E-state index contributed by atoms with van der Waals surface area (Å²) in [7, 11) is -3.97. The lowest BCUT2D eigenvalue weighted by atomic mass is 9.94. The van der Waals surface area contributed by atoms with Crippen LogP contribution >= 0.6 is 0 Å². The number of carbonyl (C=O) groups is 1. The maximum absolute atomic E-state index is 13.5. The van der Waals surface area contributed by atoms with E-state index in [-0.39, 0.29) is 30.1 Å². The molecule has 0 radical (unpaired) electrons. The fraction of sp³-hybridized carbons (Fsp3) is 0.458. The molecule has 0 saturated carbocycles. The van der Waals surface area contributed by atoms with E-state index in [0.717, 1.165) is 11.1 Å². The van der Waals surface area contributed by atoms with Gasteiger partial charge in [0.25, 0.3) is 0 Å². The Bertz CT molecular complexity index is 973. The highest BCUT2D eigenvalue weighted by Crippen LogP contribution is 2.31. The average Bonchev–Trinajstić information content (AvgIpc) is 3.16. The first-order valence-corrected chi connectivity index (χ1v) is 12.1. The molecule has 168 valence electrons. The van der Waals surface area contributed by atoms with Gasteiger partial charge in [-0.3, -0.25) is 4.79 Å². The molecule has 0 aliphatic carbocycles. The molecule has 0 spiro atoms. The average molecular weight is 446 g/mol. The Kier molecular flexibility index (Phi) is 7.51. The molecule has 7 heteroatoms. The summed E-state index contributed by atoms with van der Waals surface area (Å²) in [5, 5.41) is 10.1. The summed E-state index contributed by atoms with van der Waals surface area (Å²) in [6.07, 6.45) is 1.06. The summed E-state index contributed by atoms with van der Waals surface area (Å²) < 4.78 is 34.0. The van der Waals surface area contributed by atoms with Gasteiger partial charge in [0.15, 0.2) is 0 Å². The van der Waals surface area contributed by atoms with Crippen LogP contribution in [0.1, 0.15) is 31.4 Å². The maximum Gasteiger partial charge on any atom is 0.322 e. The zero-order chi connectivity index (χ0) is 22.6. The molecule has 2 aromatic carbocycles. The van der Waals surface area contributed by atoms with Crippen molar-refractivity contribution < 1.29 is 23.1 Å². The SMILES string of the molecule is Cc1ccc(S(=O)(=O)N(CC(C)C)[C@@H](C(=O)O)[C@@H]2CO[C@@H](Cc3ccccc3)C2)cc1. The minimum Gasteiger partial charge on any atom is -0.480 e. The predicted molar refractivity (Wildman–Crippen MR) is 119 cm³/mol. The Labute approximate surface area is 184 Å². The molecule has 1 saturated heterocycles. The number of hydrogen-bond acceptors (Lipinski definition) is 4. The molecule has 2 aromatic rings. The Balaban J connectivity index is 1.86. The number of sulfonamides is 1. The molecule has 1 heterocycles. The normalized spacial score (nSPS) is 20.3. The third-order valence-electron chi connectivity index (χ3n) is 5.60. The molecule has 1 aliphatic heterocycles. The monoisotopic (exact) mass is 445 g/mol. The van der Waals surface area contributed by atoms with E-state index in [1.54, 1.807) is 24.3 Å². The number of rotatable bonds is 9. The van der Waals surface area contributed by atoms with E-state index in [1.165, 1.54) is 4.31 Å². The van der Waals surface area contributed by atoms with E-state index in [2.05, 4.69) is 0 Å². The Morgan fingerprint density at radius 2 is 1.77 bits per heavy atom. The van der Waals surface area contributed by atoms with Crippen LogP contribution in [0.5, 0.6) is 0 Å². The van der Waals surface area contributed by atoms with Gasteiger partial charge >= 0.3 is 5.97 Å². The Morgan fingerprint density at radius 3 is 2.35 bits per heavy atom. The van der Waals surface area contributed by atoms with Gasteiger partial charge in [-0.05, 0) is 43.4 Å². The van der Waals surface area contributed by atoms with E-state index < -0.39 is 28.0 Å². The van der Waals surface area contributed by atoms with Crippen LogP contribution in [0, 0.1) is 18.8 Å². The van der Waals surface area contributed by atoms with Crippen molar-refractivity contribution in [3.63, 3.8) is 0 Å². The van der Waals surface area contributed by atoms with Gasteiger partial charge in [-0.1, -0.05) is 61.9 Å². The van der Waals surface area contributed by atoms with Gasteiger partial charge in [0.05, 0.1) is 17.6 Å². The molecule has 6 nitrogen and oxygen atoms in total. The first-order valence-electron chi connectivity index (χ1n) is 10.7. The first-order chi connectivity index (χ1) is 14.7. The van der Waals surface area contributed by atoms with Crippen molar-refractivity contribution in [2.24, 2.45) is 11.8 Å². The molecule has 0 bridgehead atoms. The first kappa shape index (κ1) is 23.4. The fourth-order valence-electron chi connectivity index (χ4n) is 4.10. The number of aliphatic carboxylic acids is 1. The second-order valence-electron chi connectivity index (χ2n) is 8.71. The maximum atomic E-state index is 13.5. The lowest BCUT2D eigenvalue weighted by molar-refractivity contribution is -0.143. The number of carboxylic acids is 1. The molecule has 3 rings (SSSR count). The summed E-state index contributed by atoms with van der Waals surface area (Å²) in [6.45, 7) is 6.02. The van der Waals surface area contributed by atoms with Crippen LogP contribution in [0.25, 0.3) is 0 Å². The van der Waals surface area contributed by atoms with Gasteiger partial charge in [-0.2, -0.15) is 4.31 Å². The van der Waals surface area contributed by atoms with Crippen LogP contribution in [0.2, 0.25) is 0 Å². The van der Waals surface area contributed by atoms with Crippen LogP contribution in [0.4, 0.5) is 0 Å². The van der Waals surface area contributed by atoms with Crippen LogP contribution in [-0.2, 0) is 26.0 Å². The zero-order valence-electron chi connectivity index (χ0n) is 18.3. The van der Waals surface area contributed by atoms with Crippen molar-refractivity contribution in [3.8, 4) is 0 Å². The third-order valence-corrected chi connectivity index (χ3v) is 7.46. The number of hydrogen-bond donors (Lipinski definition) is 1. The molecule has 0 aromatic heterocycles. The summed E-state index contributed by atoms with van der Waals surface area (Å²) in [4.78, 5) is 12.5. The lowest BCUT2D eigenvalue weighted by Gasteiger charge is -2.32. The van der Waals surface area contributed by atoms with Gasteiger partial charge in [0.1, 0.15) is 6.04 Å². The smallest absolute Gasteiger partial charge is 0.322 e. The van der Waals surface area contributed by atoms with Gasteiger partial charge in [-0.15, -0.1) is 0 Å². The molecule has 0 unspecified atom stereocenters. The molecular formula is C24H31NO5S. The number of carboxylic acid groups (broad SMARTS) is 1. The van der Waals surface area contributed by atoms with Gasteiger partial charge in [-0.25, -0.2) is 8.42 Å². The molecule has 1 aliphatic rings. The van der Waals surface area contributed by atoms with Crippen molar-refractivity contribution in [1.82, 2.24) is 4.31 Å². The highest BCUT2D eigenvalue weighted by Gasteiger charge is 2.44. The van der Waals surface area contributed by atoms with Crippen molar-refractivity contribution in [2.75, 3.05) is 13.2 Å². The predicted octanol–water partition coefficient (Wildman–Crippen LogP) is 3.74. The number of ether oxygens (including phenoxy) is 1. The van der Waals surface area contributed by atoms with Crippen molar-refractivity contribution in [1.29, 1.82) is 0 Å². The quantitative estimate of drug-likeness (QED) is 0.636. The van der Waals surface area contributed by atoms with Gasteiger partial charge in [0, 0.05) is 12.5 Å². The Hall–Kier alpha value is -2.22. The van der Waals surface area contributed by atoms with Crippen LogP contribution in [0.15, 0.2) is 59.5 Å². The van der Waals surface area contributed by atoms with Crippen molar-refractivity contribution >= 4 is 16.0 Å². The lowest BCUT2D eigenvalue weighted by Crippen LogP contribution is -2.50. The number of benzene rings is 2. The molecule has 0 amide bonds. The van der Waals surface area contributed by atoms with Crippen molar-refractivity contribution in [2.45, 2.75) is 50.7 Å². The molecule has 3 atom stereocenters. The van der Waals surface area contributed by atoms with E-state index >= 15 is 0 Å². The highest BCUT2D eigenvalue weighted by molar-refractivity contribution is 7.89. The third kappa shape index (κ3) is 5.73. The molecule has 1 N–H and O–H groups in total. The van der Waals surface area contributed by atoms with E-state index in [1.807, 2.05) is 51.1 Å². The van der Waals surface area contributed by atoms with E-state index in [4.69, 9.17) is 4.74 Å². The van der Waals surface area contributed by atoms with Gasteiger partial charge in [0.2, 0.25) is 10.0 Å². The summed E-state index contributed by atoms with van der Waals surface area (Å²) >= 11 is 0. The Morgan fingerprint density at radius 1 is 1.13 bits per heavy atom. The summed E-state index contributed by atoms with van der Waals surface area (Å²) in [5.74, 6) is -1.57. The second kappa shape index (κ2) is 9.94. The topological polar surface area (TPSA) is 83.9 Å². The second-order valence-corrected chi connectivity index (χ2v) is 10.6. The number of aryl methyl sites for hydroxylation is 1. The van der Waals surface area contributed by atoms with Crippen LogP contribution < -0.4 is 0 Å². The molecule has 31 heavy (non-hydrogen) atoms. The van der Waals surface area contributed by atoms with E-state index in [9.17, 15) is 18.3 Å². The standard InChI is InChI=1S/C24H31NO5S/c1-17(2)15-25(31(28,29)22-11-9-18(3)10-12-22)23(24(26)27)20-14-21(30-16-20)13-19-7-5-4-6-8-19/h4-12,17,20-21,23H,13-16H2,1-3H3,(H,26,27)/t20-,21-,23+/m0/s1. The minimum absolute atomic E-state index is 0.0236.